The number of allylic oxidation sites excluding steroid dienone is 1. The van der Waals surface area contributed by atoms with Crippen molar-refractivity contribution in [3.63, 3.8) is 0 Å². The molecule has 0 spiro atoms. The van der Waals surface area contributed by atoms with Crippen molar-refractivity contribution >= 4 is 35.0 Å². The van der Waals surface area contributed by atoms with Gasteiger partial charge in [0.05, 0.1) is 43.1 Å². The van der Waals surface area contributed by atoms with Crippen LogP contribution in [-0.2, 0) is 22.6 Å². The Kier molecular flexibility index (Phi) is 11.4. The molecule has 4 aromatic rings. The Balaban J connectivity index is 1.62. The standard InChI is InChI=1S/C37H37ClN2O7S/c1-6-12-25-17-23(18-31(46-9-4)34(25)47-22-26-13-10-11-14-28(26)38)19-32-35(41)40-33(27(36(42)43-5)21-39-37(40)48-32)24-15-16-29(44-7-2)30(20-24)45-8-3/h6,10-11,13-21,33H,1,7-9,12,22H2,2-5H3/b32-19-/t33-/m0/s1. The zero-order valence-electron chi connectivity index (χ0n) is 27.3. The number of hydrogen-bond donors (Lipinski definition) is 0. The molecule has 0 saturated carbocycles. The first-order chi connectivity index (χ1) is 23.3. The van der Waals surface area contributed by atoms with Crippen molar-refractivity contribution in [2.45, 2.75) is 39.8 Å². The van der Waals surface area contributed by atoms with Crippen molar-refractivity contribution in [3.05, 3.63) is 126 Å². The lowest BCUT2D eigenvalue weighted by atomic mass is 9.97. The second-order valence-corrected chi connectivity index (χ2v) is 12.0. The molecule has 48 heavy (non-hydrogen) atoms. The molecule has 9 nitrogen and oxygen atoms in total. The van der Waals surface area contributed by atoms with Crippen molar-refractivity contribution in [2.75, 3.05) is 26.9 Å². The van der Waals surface area contributed by atoms with E-state index in [0.717, 1.165) is 16.7 Å². The first kappa shape index (κ1) is 34.5. The molecule has 0 radical (unpaired) electrons. The van der Waals surface area contributed by atoms with Crippen LogP contribution >= 0.6 is 22.9 Å². The molecule has 0 aliphatic carbocycles. The van der Waals surface area contributed by atoms with Gasteiger partial charge in [-0.15, -0.1) is 6.58 Å². The lowest BCUT2D eigenvalue weighted by Gasteiger charge is -2.23. The quantitative estimate of drug-likeness (QED) is 0.115. The summed E-state index contributed by atoms with van der Waals surface area (Å²) in [6, 6.07) is 15.9. The number of rotatable bonds is 14. The number of benzene rings is 3. The van der Waals surface area contributed by atoms with E-state index in [1.54, 1.807) is 24.3 Å². The second-order valence-electron chi connectivity index (χ2n) is 10.6. The number of carbonyl (C=O) groups excluding carboxylic acids is 1. The lowest BCUT2D eigenvalue weighted by Crippen LogP contribution is -2.39. The SMILES string of the molecule is C=CCc1cc(/C=c2\sc3n(c2=O)[C@@H](c2ccc(OCC)c(OCC)c2)C(C(=O)OC)=CN=3)cc(OCC)c1OCc1ccccc1Cl. The molecule has 0 unspecified atom stereocenters. The number of thiazole rings is 1. The van der Waals surface area contributed by atoms with Gasteiger partial charge in [0, 0.05) is 22.3 Å². The highest BCUT2D eigenvalue weighted by atomic mass is 35.5. The van der Waals surface area contributed by atoms with E-state index in [1.807, 2.05) is 63.2 Å². The van der Waals surface area contributed by atoms with Crippen molar-refractivity contribution in [1.82, 2.24) is 4.57 Å². The largest absolute Gasteiger partial charge is 0.490 e. The number of fused-ring (bicyclic) bond motifs is 1. The van der Waals surface area contributed by atoms with Gasteiger partial charge in [-0.1, -0.05) is 53.3 Å². The molecule has 0 saturated heterocycles. The van der Waals surface area contributed by atoms with Gasteiger partial charge in [-0.25, -0.2) is 9.79 Å². The average Bonchev–Trinajstić information content (AvgIpc) is 3.40. The smallest absolute Gasteiger partial charge is 0.337 e. The maximum absolute atomic E-state index is 14.2. The van der Waals surface area contributed by atoms with Crippen LogP contribution in [0.15, 0.2) is 88.8 Å². The van der Waals surface area contributed by atoms with Crippen LogP contribution < -0.4 is 33.8 Å². The Bertz CT molecular complexity index is 2030. The first-order valence-corrected chi connectivity index (χ1v) is 16.8. The Morgan fingerprint density at radius 3 is 2.40 bits per heavy atom. The Labute approximate surface area is 288 Å². The fourth-order valence-corrected chi connectivity index (χ4v) is 6.56. The summed E-state index contributed by atoms with van der Waals surface area (Å²) < 4.78 is 30.9. The van der Waals surface area contributed by atoms with Crippen molar-refractivity contribution in [1.29, 1.82) is 0 Å². The van der Waals surface area contributed by atoms with Gasteiger partial charge in [0.1, 0.15) is 6.61 Å². The molecular weight excluding hydrogens is 652 g/mol. The van der Waals surface area contributed by atoms with Crippen LogP contribution in [0.5, 0.6) is 23.0 Å². The molecule has 0 bridgehead atoms. The van der Waals surface area contributed by atoms with Crippen LogP contribution in [0.4, 0.5) is 0 Å². The van der Waals surface area contributed by atoms with Crippen LogP contribution in [-0.4, -0.2) is 37.5 Å². The second kappa shape index (κ2) is 15.9. The van der Waals surface area contributed by atoms with Gasteiger partial charge >= 0.3 is 5.97 Å². The van der Waals surface area contributed by atoms with Crippen LogP contribution in [0, 0.1) is 0 Å². The van der Waals surface area contributed by atoms with E-state index in [-0.39, 0.29) is 17.7 Å². The third kappa shape index (κ3) is 7.35. The summed E-state index contributed by atoms with van der Waals surface area (Å²) in [5.41, 5.74) is 2.97. The number of aromatic nitrogens is 1. The Morgan fingerprint density at radius 1 is 0.958 bits per heavy atom. The molecule has 1 aliphatic rings. The topological polar surface area (TPSA) is 97.6 Å². The van der Waals surface area contributed by atoms with Crippen LogP contribution in [0.25, 0.3) is 6.08 Å². The number of methoxy groups -OCH3 is 1. The summed E-state index contributed by atoms with van der Waals surface area (Å²) in [7, 11) is 1.30. The summed E-state index contributed by atoms with van der Waals surface area (Å²) in [6.45, 7) is 11.1. The number of nitrogens with zero attached hydrogens (tertiary/aromatic N) is 2. The molecule has 0 amide bonds. The fourth-order valence-electron chi connectivity index (χ4n) is 5.40. The van der Waals surface area contributed by atoms with E-state index in [2.05, 4.69) is 11.6 Å². The summed E-state index contributed by atoms with van der Waals surface area (Å²) in [5.74, 6) is 1.60. The summed E-state index contributed by atoms with van der Waals surface area (Å²) >= 11 is 7.60. The summed E-state index contributed by atoms with van der Waals surface area (Å²) in [6.07, 6.45) is 5.54. The monoisotopic (exact) mass is 688 g/mol. The van der Waals surface area contributed by atoms with E-state index < -0.39 is 12.0 Å². The molecule has 1 atom stereocenters. The normalized spacial score (nSPS) is 14.0. The highest BCUT2D eigenvalue weighted by Gasteiger charge is 2.31. The molecule has 250 valence electrons. The third-order valence-electron chi connectivity index (χ3n) is 7.45. The van der Waals surface area contributed by atoms with Crippen LogP contribution in [0.3, 0.4) is 0 Å². The van der Waals surface area contributed by atoms with E-state index >= 15 is 0 Å². The van der Waals surface area contributed by atoms with Crippen LogP contribution in [0.1, 0.15) is 49.1 Å². The van der Waals surface area contributed by atoms with E-state index in [4.69, 9.17) is 35.3 Å². The van der Waals surface area contributed by atoms with Gasteiger partial charge in [0.15, 0.2) is 27.8 Å². The minimum absolute atomic E-state index is 0.218. The maximum Gasteiger partial charge on any atom is 0.337 e. The van der Waals surface area contributed by atoms with Gasteiger partial charge in [-0.3, -0.25) is 9.36 Å². The minimum atomic E-state index is -0.804. The lowest BCUT2D eigenvalue weighted by molar-refractivity contribution is -0.136. The van der Waals surface area contributed by atoms with Crippen molar-refractivity contribution in [2.24, 2.45) is 4.99 Å². The number of hydrogen-bond acceptors (Lipinski definition) is 9. The maximum atomic E-state index is 14.2. The fraction of sp³-hybridized carbons (Fsp3) is 0.270. The predicted octanol–water partition coefficient (Wildman–Crippen LogP) is 6.18. The summed E-state index contributed by atoms with van der Waals surface area (Å²) in [4.78, 5) is 32.1. The Hall–Kier alpha value is -4.80. The van der Waals surface area contributed by atoms with Gasteiger partial charge in [0.2, 0.25) is 0 Å². The predicted molar refractivity (Wildman–Crippen MR) is 187 cm³/mol. The van der Waals surface area contributed by atoms with Crippen molar-refractivity contribution < 1.29 is 28.5 Å². The molecular formula is C37H37ClN2O7S. The number of halogens is 1. The molecule has 0 N–H and O–H groups in total. The van der Waals surface area contributed by atoms with Gasteiger partial charge in [-0.05, 0) is 74.7 Å². The van der Waals surface area contributed by atoms with Gasteiger partial charge < -0.3 is 23.7 Å². The minimum Gasteiger partial charge on any atom is -0.490 e. The Morgan fingerprint density at radius 2 is 1.69 bits per heavy atom. The van der Waals surface area contributed by atoms with Gasteiger partial charge in [0.25, 0.3) is 5.56 Å². The average molecular weight is 689 g/mol. The van der Waals surface area contributed by atoms with Crippen molar-refractivity contribution in [3.8, 4) is 23.0 Å². The molecule has 3 aromatic carbocycles. The number of carbonyl (C=O) groups is 1. The third-order valence-corrected chi connectivity index (χ3v) is 8.82. The molecule has 11 heteroatoms. The van der Waals surface area contributed by atoms with Gasteiger partial charge in [-0.2, -0.15) is 0 Å². The zero-order chi connectivity index (χ0) is 34.2. The molecule has 5 rings (SSSR count). The first-order valence-electron chi connectivity index (χ1n) is 15.6. The number of esters is 1. The zero-order valence-corrected chi connectivity index (χ0v) is 28.9. The molecule has 0 fully saturated rings. The van der Waals surface area contributed by atoms with Crippen LogP contribution in [0.2, 0.25) is 5.02 Å². The molecule has 1 aromatic heterocycles. The number of ether oxygens (including phenoxy) is 5. The van der Waals surface area contributed by atoms with E-state index in [9.17, 15) is 9.59 Å². The highest BCUT2D eigenvalue weighted by Crippen LogP contribution is 2.37. The molecule has 2 heterocycles. The molecule has 1 aliphatic heterocycles. The van der Waals surface area contributed by atoms with E-state index in [1.165, 1.54) is 29.2 Å². The highest BCUT2D eigenvalue weighted by molar-refractivity contribution is 7.07. The van der Waals surface area contributed by atoms with E-state index in [0.29, 0.717) is 69.2 Å². The summed E-state index contributed by atoms with van der Waals surface area (Å²) in [5, 5.41) is 0.612.